The van der Waals surface area contributed by atoms with E-state index in [9.17, 15) is 5.11 Å². The summed E-state index contributed by atoms with van der Waals surface area (Å²) in [5, 5.41) is 13.2. The highest BCUT2D eigenvalue weighted by Gasteiger charge is 2.56. The summed E-state index contributed by atoms with van der Waals surface area (Å²) >= 11 is 8.52. The van der Waals surface area contributed by atoms with E-state index in [0.717, 1.165) is 9.13 Å². The molecule has 0 aliphatic carbocycles. The number of hydrogen-bond acceptors (Lipinski definition) is 8. The van der Waals surface area contributed by atoms with Crippen LogP contribution in [0.25, 0.3) is 11.2 Å². The number of aliphatic hydroxyl groups is 1. The van der Waals surface area contributed by atoms with Crippen LogP contribution in [0.1, 0.15) is 25.6 Å². The number of nitrogens with one attached hydrogen (secondary N) is 1. The van der Waals surface area contributed by atoms with Gasteiger partial charge in [0.2, 0.25) is 5.28 Å². The third kappa shape index (κ3) is 4.00. The van der Waals surface area contributed by atoms with Gasteiger partial charge in [0.05, 0.1) is 12.9 Å². The summed E-state index contributed by atoms with van der Waals surface area (Å²) in [6.45, 7) is 4.07. The lowest BCUT2D eigenvalue weighted by atomic mass is 10.1. The van der Waals surface area contributed by atoms with E-state index in [2.05, 4.69) is 48.9 Å². The quantitative estimate of drug-likeness (QED) is 0.364. The Morgan fingerprint density at radius 2 is 2.06 bits per heavy atom. The highest BCUT2D eigenvalue weighted by molar-refractivity contribution is 14.1. The van der Waals surface area contributed by atoms with Crippen LogP contribution in [0.3, 0.4) is 0 Å². The van der Waals surface area contributed by atoms with Gasteiger partial charge in [-0.05, 0) is 65.7 Å². The van der Waals surface area contributed by atoms with Crippen LogP contribution < -0.4 is 5.32 Å². The van der Waals surface area contributed by atoms with Gasteiger partial charge in [0.15, 0.2) is 29.0 Å². The Balaban J connectivity index is 1.47. The molecule has 2 N–H and O–H groups in total. The van der Waals surface area contributed by atoms with Gasteiger partial charge >= 0.3 is 0 Å². The first-order chi connectivity index (χ1) is 14.8. The minimum absolute atomic E-state index is 0.0940. The molecule has 0 spiro atoms. The average molecular weight is 558 g/mol. The summed E-state index contributed by atoms with van der Waals surface area (Å²) in [4.78, 5) is 13.2. The first-order valence-corrected chi connectivity index (χ1v) is 11.3. The van der Waals surface area contributed by atoms with Crippen LogP contribution in [0.15, 0.2) is 30.6 Å². The smallest absolute Gasteiger partial charge is 0.226 e. The number of aliphatic hydroxyl groups excluding tert-OH is 1. The average Bonchev–Trinajstić information content (AvgIpc) is 3.36. The zero-order valence-corrected chi connectivity index (χ0v) is 19.7. The van der Waals surface area contributed by atoms with Crippen molar-refractivity contribution < 1.29 is 19.3 Å². The molecule has 2 fully saturated rings. The number of rotatable bonds is 5. The molecule has 0 amide bonds. The topological polar surface area (TPSA) is 104 Å². The van der Waals surface area contributed by atoms with Gasteiger partial charge in [0.1, 0.15) is 18.3 Å². The van der Waals surface area contributed by atoms with E-state index in [-0.39, 0.29) is 11.9 Å². The molecule has 2 aliphatic heterocycles. The highest BCUT2D eigenvalue weighted by atomic mass is 127. The third-order valence-corrected chi connectivity index (χ3v) is 6.16. The molecule has 11 heteroatoms. The predicted molar refractivity (Wildman–Crippen MR) is 122 cm³/mol. The molecule has 164 valence electrons. The van der Waals surface area contributed by atoms with Crippen LogP contribution in [0, 0.1) is 3.57 Å². The maximum atomic E-state index is 9.76. The van der Waals surface area contributed by atoms with Crippen molar-refractivity contribution >= 4 is 51.2 Å². The predicted octanol–water partition coefficient (Wildman–Crippen LogP) is 3.11. The molecule has 31 heavy (non-hydrogen) atoms. The molecule has 0 radical (unpaired) electrons. The molecule has 0 unspecified atom stereocenters. The van der Waals surface area contributed by atoms with E-state index in [1.165, 1.54) is 0 Å². The Morgan fingerprint density at radius 1 is 1.26 bits per heavy atom. The van der Waals surface area contributed by atoms with Crippen LogP contribution in [0.4, 0.5) is 5.82 Å². The van der Waals surface area contributed by atoms with E-state index in [0.29, 0.717) is 23.5 Å². The summed E-state index contributed by atoms with van der Waals surface area (Å²) < 4.78 is 21.0. The number of aromatic nitrogens is 4. The Bertz CT molecular complexity index is 1130. The lowest BCUT2D eigenvalue weighted by molar-refractivity contribution is -0.199. The normalized spacial score (nSPS) is 27.0. The summed E-state index contributed by atoms with van der Waals surface area (Å²) in [5.41, 5.74) is 2.20. The molecule has 2 saturated heterocycles. The maximum Gasteiger partial charge on any atom is 0.226 e. The van der Waals surface area contributed by atoms with Crippen molar-refractivity contribution in [2.45, 2.75) is 50.7 Å². The number of imidazole rings is 1. The zero-order valence-electron chi connectivity index (χ0n) is 16.8. The number of anilines is 1. The van der Waals surface area contributed by atoms with Crippen molar-refractivity contribution in [1.82, 2.24) is 19.5 Å². The Labute approximate surface area is 197 Å². The molecule has 5 rings (SSSR count). The van der Waals surface area contributed by atoms with Gasteiger partial charge in [0.25, 0.3) is 0 Å². The summed E-state index contributed by atoms with van der Waals surface area (Å²) in [5.74, 6) is -0.238. The van der Waals surface area contributed by atoms with Gasteiger partial charge in [-0.2, -0.15) is 9.97 Å². The third-order valence-electron chi connectivity index (χ3n) is 5.32. The van der Waals surface area contributed by atoms with Crippen molar-refractivity contribution in [3.8, 4) is 0 Å². The van der Waals surface area contributed by atoms with Crippen molar-refractivity contribution in [3.63, 3.8) is 0 Å². The minimum atomic E-state index is -0.770. The second kappa shape index (κ2) is 8.09. The second-order valence-electron chi connectivity index (χ2n) is 7.96. The molecule has 0 saturated carbocycles. The van der Waals surface area contributed by atoms with Gasteiger partial charge in [-0.15, -0.1) is 0 Å². The van der Waals surface area contributed by atoms with Crippen molar-refractivity contribution in [2.24, 2.45) is 0 Å². The molecule has 3 aromatic rings. The van der Waals surface area contributed by atoms with Crippen LogP contribution in [-0.2, 0) is 20.8 Å². The van der Waals surface area contributed by atoms with Gasteiger partial charge in [-0.3, -0.25) is 4.57 Å². The minimum Gasteiger partial charge on any atom is -0.394 e. The molecular formula is C20H21ClIN5O4. The largest absolute Gasteiger partial charge is 0.394 e. The number of benzene rings is 1. The second-order valence-corrected chi connectivity index (χ2v) is 9.54. The fourth-order valence-corrected chi connectivity index (χ4v) is 4.83. The molecule has 4 heterocycles. The molecule has 1 aromatic carbocycles. The Kier molecular flexibility index (Phi) is 5.55. The van der Waals surface area contributed by atoms with Gasteiger partial charge < -0.3 is 24.6 Å². The van der Waals surface area contributed by atoms with Crippen LogP contribution >= 0.6 is 34.2 Å². The lowest BCUT2D eigenvalue weighted by Crippen LogP contribution is -2.31. The molecule has 2 aliphatic rings. The maximum absolute atomic E-state index is 9.76. The number of fused-ring (bicyclic) bond motifs is 2. The SMILES string of the molecule is CC1(C)O[C@@H]2[C@@H](O1)[C@@H](CO)O[C@H]2n1cnc2c(NCc3cccc(I)c3)nc(Cl)nc21. The fourth-order valence-electron chi connectivity index (χ4n) is 4.06. The van der Waals surface area contributed by atoms with E-state index in [1.807, 2.05) is 32.0 Å². The first-order valence-electron chi connectivity index (χ1n) is 9.85. The highest BCUT2D eigenvalue weighted by Crippen LogP contribution is 2.43. The number of halogens is 2. The summed E-state index contributed by atoms with van der Waals surface area (Å²) in [6.07, 6.45) is -0.255. The van der Waals surface area contributed by atoms with Crippen molar-refractivity contribution in [2.75, 3.05) is 11.9 Å². The standard InChI is InChI=1S/C20H21ClIN5O4/c1-20(2)30-14-12(8-28)29-18(15(14)31-20)27-9-24-13-16(25-19(21)26-17(13)27)23-7-10-4-3-5-11(22)6-10/h3-6,9,12,14-15,18,28H,7-8H2,1-2H3,(H,23,25,26)/t12-,14+,15-,18-/m1/s1. The van der Waals surface area contributed by atoms with Gasteiger partial charge in [0, 0.05) is 10.1 Å². The zero-order chi connectivity index (χ0) is 21.8. The van der Waals surface area contributed by atoms with E-state index in [1.54, 1.807) is 10.9 Å². The molecule has 2 aromatic heterocycles. The van der Waals surface area contributed by atoms with Crippen LogP contribution in [0.2, 0.25) is 5.28 Å². The van der Waals surface area contributed by atoms with Crippen LogP contribution in [-0.4, -0.2) is 55.3 Å². The van der Waals surface area contributed by atoms with E-state index < -0.39 is 30.3 Å². The van der Waals surface area contributed by atoms with E-state index >= 15 is 0 Å². The molecule has 9 nitrogen and oxygen atoms in total. The van der Waals surface area contributed by atoms with Crippen molar-refractivity contribution in [1.29, 1.82) is 0 Å². The first kappa shape index (κ1) is 21.3. The number of hydrogen-bond donors (Lipinski definition) is 2. The Hall–Kier alpha value is -1.57. The fraction of sp³-hybridized carbons (Fsp3) is 0.450. The molecule has 0 bridgehead atoms. The van der Waals surface area contributed by atoms with Gasteiger partial charge in [-0.25, -0.2) is 4.98 Å². The summed E-state index contributed by atoms with van der Waals surface area (Å²) in [6, 6.07) is 8.17. The van der Waals surface area contributed by atoms with Crippen molar-refractivity contribution in [3.05, 3.63) is 45.0 Å². The monoisotopic (exact) mass is 557 g/mol. The van der Waals surface area contributed by atoms with Gasteiger partial charge in [-0.1, -0.05) is 12.1 Å². The van der Waals surface area contributed by atoms with E-state index in [4.69, 9.17) is 25.8 Å². The summed E-state index contributed by atoms with van der Waals surface area (Å²) in [7, 11) is 0. The van der Waals surface area contributed by atoms with Crippen LogP contribution in [0.5, 0.6) is 0 Å². The number of nitrogens with zero attached hydrogens (tertiary/aromatic N) is 4. The molecule has 4 atom stereocenters. The molecular weight excluding hydrogens is 537 g/mol. The number of ether oxygens (including phenoxy) is 3. The Morgan fingerprint density at radius 3 is 2.84 bits per heavy atom. The lowest BCUT2D eigenvalue weighted by Gasteiger charge is -2.24.